The molecule has 1 aliphatic rings. The summed E-state index contributed by atoms with van der Waals surface area (Å²) in [6.45, 7) is 10.1. The molecule has 0 aliphatic carbocycles. The van der Waals surface area contributed by atoms with Crippen molar-refractivity contribution < 1.29 is 9.59 Å². The van der Waals surface area contributed by atoms with Crippen molar-refractivity contribution in [3.05, 3.63) is 66.0 Å². The molecule has 1 fully saturated rings. The van der Waals surface area contributed by atoms with E-state index in [4.69, 9.17) is 0 Å². The van der Waals surface area contributed by atoms with Gasteiger partial charge >= 0.3 is 6.03 Å². The van der Waals surface area contributed by atoms with E-state index in [1.165, 1.54) is 5.56 Å². The second-order valence-corrected chi connectivity index (χ2v) is 9.02. The van der Waals surface area contributed by atoms with Crippen LogP contribution in [-0.4, -0.2) is 82.0 Å². The predicted octanol–water partition coefficient (Wildman–Crippen LogP) is 3.17. The summed E-state index contributed by atoms with van der Waals surface area (Å²) in [6.07, 6.45) is 2.75. The molecule has 0 bridgehead atoms. The lowest BCUT2D eigenvalue weighted by Gasteiger charge is -2.25. The van der Waals surface area contributed by atoms with Crippen LogP contribution in [0.15, 0.2) is 54.9 Å². The van der Waals surface area contributed by atoms with E-state index >= 15 is 0 Å². The Hall–Kier alpha value is -3.39. The number of hydrogen-bond donors (Lipinski definition) is 1. The van der Waals surface area contributed by atoms with E-state index in [0.29, 0.717) is 26.2 Å². The monoisotopic (exact) mass is 476 g/mol. The Morgan fingerprint density at radius 1 is 0.943 bits per heavy atom. The molecule has 0 atom stereocenters. The zero-order valence-corrected chi connectivity index (χ0v) is 20.8. The third-order valence-corrected chi connectivity index (χ3v) is 6.70. The SMILES string of the molecule is CCN(CC)C(=O)CN1CCCN(C(=O)NCc2ccc(Cn3cnc4ccccc43)cc2)CC1. The van der Waals surface area contributed by atoms with Crippen molar-refractivity contribution in [2.75, 3.05) is 45.8 Å². The minimum Gasteiger partial charge on any atom is -0.342 e. The number of fused-ring (bicyclic) bond motifs is 1. The number of benzene rings is 2. The Bertz CT molecular complexity index is 1120. The van der Waals surface area contributed by atoms with E-state index in [0.717, 1.165) is 55.7 Å². The number of rotatable bonds is 8. The standard InChI is InChI=1S/C27H36N6O2/c1-3-31(4-2)26(34)20-30-14-7-15-32(17-16-30)27(35)28-18-22-10-12-23(13-11-22)19-33-21-29-24-8-5-6-9-25(24)33/h5-6,8-13,21H,3-4,7,14-20H2,1-2H3,(H,28,35). The summed E-state index contributed by atoms with van der Waals surface area (Å²) in [7, 11) is 0. The van der Waals surface area contributed by atoms with Gasteiger partial charge in [0.05, 0.1) is 23.9 Å². The fourth-order valence-electron chi connectivity index (χ4n) is 4.58. The number of carbonyl (C=O) groups excluding carboxylic acids is 2. The summed E-state index contributed by atoms with van der Waals surface area (Å²) in [6, 6.07) is 16.4. The summed E-state index contributed by atoms with van der Waals surface area (Å²) in [4.78, 5) is 35.5. The van der Waals surface area contributed by atoms with Crippen LogP contribution in [0.2, 0.25) is 0 Å². The largest absolute Gasteiger partial charge is 0.342 e. The van der Waals surface area contributed by atoms with Crippen LogP contribution in [0.5, 0.6) is 0 Å². The summed E-state index contributed by atoms with van der Waals surface area (Å²) < 4.78 is 2.14. The van der Waals surface area contributed by atoms with E-state index in [1.807, 2.05) is 48.2 Å². The predicted molar refractivity (Wildman–Crippen MR) is 138 cm³/mol. The van der Waals surface area contributed by atoms with E-state index < -0.39 is 0 Å². The van der Waals surface area contributed by atoms with Gasteiger partial charge in [-0.25, -0.2) is 9.78 Å². The first-order valence-corrected chi connectivity index (χ1v) is 12.6. The molecule has 1 aliphatic heterocycles. The number of likely N-dealkylation sites (N-methyl/N-ethyl adjacent to an activating group) is 1. The smallest absolute Gasteiger partial charge is 0.317 e. The Kier molecular flexibility index (Phi) is 8.36. The number of aromatic nitrogens is 2. The van der Waals surface area contributed by atoms with Gasteiger partial charge in [0.1, 0.15) is 0 Å². The number of amides is 3. The zero-order chi connectivity index (χ0) is 24.6. The van der Waals surface area contributed by atoms with Crippen molar-refractivity contribution >= 4 is 23.0 Å². The Morgan fingerprint density at radius 2 is 1.69 bits per heavy atom. The highest BCUT2D eigenvalue weighted by Crippen LogP contribution is 2.15. The number of nitrogens with zero attached hydrogens (tertiary/aromatic N) is 5. The van der Waals surface area contributed by atoms with Crippen LogP contribution in [0.25, 0.3) is 11.0 Å². The van der Waals surface area contributed by atoms with E-state index in [1.54, 1.807) is 0 Å². The van der Waals surface area contributed by atoms with E-state index in [2.05, 4.69) is 50.1 Å². The topological polar surface area (TPSA) is 73.7 Å². The van der Waals surface area contributed by atoms with Crippen molar-refractivity contribution in [3.8, 4) is 0 Å². The highest BCUT2D eigenvalue weighted by molar-refractivity contribution is 5.78. The number of para-hydroxylation sites is 2. The molecule has 2 aromatic carbocycles. The first-order chi connectivity index (χ1) is 17.1. The highest BCUT2D eigenvalue weighted by Gasteiger charge is 2.21. The van der Waals surface area contributed by atoms with Gasteiger partial charge in [0.2, 0.25) is 5.91 Å². The van der Waals surface area contributed by atoms with Gasteiger partial charge < -0.3 is 19.7 Å². The van der Waals surface area contributed by atoms with Gasteiger partial charge in [-0.1, -0.05) is 36.4 Å². The lowest BCUT2D eigenvalue weighted by Crippen LogP contribution is -2.43. The normalized spacial score (nSPS) is 14.6. The van der Waals surface area contributed by atoms with Crippen LogP contribution in [0, 0.1) is 0 Å². The average molecular weight is 477 g/mol. The molecular formula is C27H36N6O2. The lowest BCUT2D eigenvalue weighted by atomic mass is 10.1. The maximum Gasteiger partial charge on any atom is 0.317 e. The molecule has 0 radical (unpaired) electrons. The van der Waals surface area contributed by atoms with Gasteiger partial charge in [-0.3, -0.25) is 9.69 Å². The van der Waals surface area contributed by atoms with Crippen molar-refractivity contribution in [1.29, 1.82) is 0 Å². The van der Waals surface area contributed by atoms with E-state index in [-0.39, 0.29) is 11.9 Å². The van der Waals surface area contributed by atoms with Crippen LogP contribution in [0.1, 0.15) is 31.4 Å². The van der Waals surface area contributed by atoms with Crippen LogP contribution in [0.3, 0.4) is 0 Å². The fraction of sp³-hybridized carbons (Fsp3) is 0.444. The molecule has 0 unspecified atom stereocenters. The summed E-state index contributed by atoms with van der Waals surface area (Å²) in [5.41, 5.74) is 4.38. The van der Waals surface area contributed by atoms with Gasteiger partial charge in [0, 0.05) is 52.4 Å². The molecule has 3 aromatic rings. The molecule has 4 rings (SSSR count). The van der Waals surface area contributed by atoms with Crippen molar-refractivity contribution in [1.82, 2.24) is 29.6 Å². The molecule has 186 valence electrons. The molecule has 8 heteroatoms. The molecule has 3 amide bonds. The first-order valence-electron chi connectivity index (χ1n) is 12.6. The number of hydrogen-bond acceptors (Lipinski definition) is 4. The van der Waals surface area contributed by atoms with Gasteiger partial charge in [-0.15, -0.1) is 0 Å². The summed E-state index contributed by atoms with van der Waals surface area (Å²) in [5.74, 6) is 0.164. The van der Waals surface area contributed by atoms with Crippen molar-refractivity contribution in [2.45, 2.75) is 33.4 Å². The van der Waals surface area contributed by atoms with Crippen LogP contribution >= 0.6 is 0 Å². The zero-order valence-electron chi connectivity index (χ0n) is 20.8. The molecule has 1 aromatic heterocycles. The van der Waals surface area contributed by atoms with Gasteiger partial charge in [-0.2, -0.15) is 0 Å². The average Bonchev–Trinajstić information content (AvgIpc) is 3.13. The van der Waals surface area contributed by atoms with Crippen molar-refractivity contribution in [3.63, 3.8) is 0 Å². The minimum atomic E-state index is -0.0455. The van der Waals surface area contributed by atoms with Crippen LogP contribution in [0.4, 0.5) is 4.79 Å². The van der Waals surface area contributed by atoms with Crippen LogP contribution < -0.4 is 5.32 Å². The Balaban J connectivity index is 1.24. The van der Waals surface area contributed by atoms with Gasteiger partial charge in [0.15, 0.2) is 0 Å². The number of carbonyl (C=O) groups is 2. The van der Waals surface area contributed by atoms with E-state index in [9.17, 15) is 9.59 Å². The molecular weight excluding hydrogens is 440 g/mol. The third kappa shape index (κ3) is 6.39. The van der Waals surface area contributed by atoms with Crippen LogP contribution in [-0.2, 0) is 17.9 Å². The maximum absolute atomic E-state index is 12.8. The highest BCUT2D eigenvalue weighted by atomic mass is 16.2. The third-order valence-electron chi connectivity index (χ3n) is 6.70. The van der Waals surface area contributed by atoms with Crippen molar-refractivity contribution in [2.24, 2.45) is 0 Å². The fourth-order valence-corrected chi connectivity index (χ4v) is 4.58. The number of nitrogens with one attached hydrogen (secondary N) is 1. The Morgan fingerprint density at radius 3 is 2.46 bits per heavy atom. The second kappa shape index (κ2) is 11.8. The number of urea groups is 1. The molecule has 1 saturated heterocycles. The number of imidazole rings is 1. The maximum atomic E-state index is 12.8. The van der Waals surface area contributed by atoms with Gasteiger partial charge in [0.25, 0.3) is 0 Å². The van der Waals surface area contributed by atoms with Gasteiger partial charge in [-0.05, 0) is 43.5 Å². The molecule has 0 saturated carbocycles. The molecule has 1 N–H and O–H groups in total. The molecule has 2 heterocycles. The first kappa shape index (κ1) is 24.7. The molecule has 35 heavy (non-hydrogen) atoms. The summed E-state index contributed by atoms with van der Waals surface area (Å²) in [5, 5.41) is 3.06. The Labute approximate surface area is 207 Å². The lowest BCUT2D eigenvalue weighted by molar-refractivity contribution is -0.132. The second-order valence-electron chi connectivity index (χ2n) is 9.02. The molecule has 8 nitrogen and oxygen atoms in total. The quantitative estimate of drug-likeness (QED) is 0.542. The molecule has 0 spiro atoms. The minimum absolute atomic E-state index is 0.0455. The summed E-state index contributed by atoms with van der Waals surface area (Å²) >= 11 is 0.